The summed E-state index contributed by atoms with van der Waals surface area (Å²) in [5.74, 6) is 0.317. The molecule has 0 N–H and O–H groups in total. The number of anilines is 2. The normalized spacial score (nSPS) is 22.1. The van der Waals surface area contributed by atoms with Crippen LogP contribution in [-0.2, 0) is 14.3 Å². The second-order valence-electron chi connectivity index (χ2n) is 8.72. The van der Waals surface area contributed by atoms with Gasteiger partial charge in [0.25, 0.3) is 0 Å². The van der Waals surface area contributed by atoms with Crippen molar-refractivity contribution in [2.75, 3.05) is 29.6 Å². The zero-order valence-corrected chi connectivity index (χ0v) is 17.6. The van der Waals surface area contributed by atoms with Crippen LogP contribution in [0.15, 0.2) is 30.6 Å². The Bertz CT molecular complexity index is 975. The zero-order chi connectivity index (χ0) is 20.8. The Labute approximate surface area is 176 Å². The van der Waals surface area contributed by atoms with Gasteiger partial charge < -0.3 is 14.5 Å². The number of amides is 2. The van der Waals surface area contributed by atoms with E-state index in [1.165, 1.54) is 0 Å². The molecule has 1 aliphatic carbocycles. The molecule has 3 heterocycles. The monoisotopic (exact) mass is 408 g/mol. The van der Waals surface area contributed by atoms with Gasteiger partial charge >= 0.3 is 0 Å². The van der Waals surface area contributed by atoms with Crippen LogP contribution < -0.4 is 9.80 Å². The Morgan fingerprint density at radius 1 is 1.07 bits per heavy atom. The second-order valence-corrected chi connectivity index (χ2v) is 8.72. The molecule has 5 rings (SSSR count). The third-order valence-electron chi connectivity index (χ3n) is 6.44. The van der Waals surface area contributed by atoms with Crippen LogP contribution in [0.25, 0.3) is 11.1 Å². The molecule has 1 aromatic carbocycles. The highest BCUT2D eigenvalue weighted by molar-refractivity contribution is 6.06. The summed E-state index contributed by atoms with van der Waals surface area (Å²) >= 11 is 0. The average molecular weight is 409 g/mol. The zero-order valence-electron chi connectivity index (χ0n) is 17.6. The van der Waals surface area contributed by atoms with Crippen LogP contribution in [0.3, 0.4) is 0 Å². The lowest BCUT2D eigenvalue weighted by Crippen LogP contribution is -2.51. The molecule has 2 amide bonds. The maximum atomic E-state index is 13.0. The largest absolute Gasteiger partial charge is 0.381 e. The molecule has 2 fully saturated rings. The van der Waals surface area contributed by atoms with Crippen LogP contribution in [-0.4, -0.2) is 47.4 Å². The minimum Gasteiger partial charge on any atom is -0.381 e. The van der Waals surface area contributed by atoms with Gasteiger partial charge in [-0.1, -0.05) is 6.07 Å². The highest BCUT2D eigenvalue weighted by atomic mass is 16.5. The van der Waals surface area contributed by atoms with Crippen LogP contribution in [0.4, 0.5) is 11.4 Å². The van der Waals surface area contributed by atoms with Crippen molar-refractivity contribution in [1.82, 2.24) is 9.78 Å². The Hall–Kier alpha value is -2.67. The van der Waals surface area contributed by atoms with Crippen LogP contribution in [0.5, 0.6) is 0 Å². The quantitative estimate of drug-likeness (QED) is 0.781. The van der Waals surface area contributed by atoms with Gasteiger partial charge in [0.15, 0.2) is 0 Å². The highest BCUT2D eigenvalue weighted by Crippen LogP contribution is 2.42. The number of hydrogen-bond acceptors (Lipinski definition) is 4. The third kappa shape index (κ3) is 3.41. The fraction of sp³-hybridized carbons (Fsp3) is 0.522. The van der Waals surface area contributed by atoms with Crippen molar-refractivity contribution in [3.8, 4) is 11.1 Å². The molecule has 2 aliphatic heterocycles. The summed E-state index contributed by atoms with van der Waals surface area (Å²) in [5, 5.41) is 4.59. The third-order valence-corrected chi connectivity index (χ3v) is 6.44. The van der Waals surface area contributed by atoms with E-state index in [1.807, 2.05) is 40.9 Å². The standard InChI is InChI=1S/C23H28N4O3/c1-15-13-25(23(29)17-3-4-17)22-11-18(5-6-21(22)27(15)16(2)28)19-12-24-26(14-19)20-7-9-30-10-8-20/h5-6,11-12,14-15,17,20H,3-4,7-10,13H2,1-2H3. The molecule has 0 spiro atoms. The van der Waals surface area contributed by atoms with Crippen molar-refractivity contribution in [3.05, 3.63) is 30.6 Å². The van der Waals surface area contributed by atoms with Crippen molar-refractivity contribution in [3.63, 3.8) is 0 Å². The van der Waals surface area contributed by atoms with Gasteiger partial charge in [0.05, 0.1) is 29.7 Å². The van der Waals surface area contributed by atoms with Gasteiger partial charge in [0.1, 0.15) is 0 Å². The minimum atomic E-state index is -0.0418. The maximum Gasteiger partial charge on any atom is 0.230 e. The summed E-state index contributed by atoms with van der Waals surface area (Å²) < 4.78 is 7.50. The molecule has 2 aromatic rings. The van der Waals surface area contributed by atoms with Crippen molar-refractivity contribution < 1.29 is 14.3 Å². The summed E-state index contributed by atoms with van der Waals surface area (Å²) in [6.07, 6.45) is 7.85. The lowest BCUT2D eigenvalue weighted by Gasteiger charge is -2.41. The number of rotatable bonds is 3. The molecule has 0 radical (unpaired) electrons. The molecular weight excluding hydrogens is 380 g/mol. The van der Waals surface area contributed by atoms with Crippen molar-refractivity contribution >= 4 is 23.2 Å². The van der Waals surface area contributed by atoms with Gasteiger partial charge in [-0.15, -0.1) is 0 Å². The number of ether oxygens (including phenoxy) is 1. The van der Waals surface area contributed by atoms with E-state index in [0.717, 1.165) is 61.4 Å². The molecule has 7 heteroatoms. The molecule has 1 saturated carbocycles. The van der Waals surface area contributed by atoms with E-state index in [9.17, 15) is 9.59 Å². The highest BCUT2D eigenvalue weighted by Gasteiger charge is 2.39. The molecule has 30 heavy (non-hydrogen) atoms. The van der Waals surface area contributed by atoms with Crippen molar-refractivity contribution in [1.29, 1.82) is 0 Å². The summed E-state index contributed by atoms with van der Waals surface area (Å²) in [6, 6.07) is 6.37. The fourth-order valence-electron chi connectivity index (χ4n) is 4.68. The molecule has 1 unspecified atom stereocenters. The van der Waals surface area contributed by atoms with Crippen LogP contribution >= 0.6 is 0 Å². The number of carbonyl (C=O) groups is 2. The van der Waals surface area contributed by atoms with E-state index in [1.54, 1.807) is 11.8 Å². The lowest BCUT2D eigenvalue weighted by molar-refractivity contribution is -0.120. The maximum absolute atomic E-state index is 13.0. The van der Waals surface area contributed by atoms with E-state index >= 15 is 0 Å². The van der Waals surface area contributed by atoms with Gasteiger partial charge in [0.2, 0.25) is 11.8 Å². The number of benzene rings is 1. The van der Waals surface area contributed by atoms with Crippen molar-refractivity contribution in [2.45, 2.75) is 51.6 Å². The smallest absolute Gasteiger partial charge is 0.230 e. The Kier molecular flexibility index (Phi) is 4.85. The average Bonchev–Trinajstić information content (AvgIpc) is 3.49. The van der Waals surface area contributed by atoms with E-state index in [2.05, 4.69) is 11.3 Å². The van der Waals surface area contributed by atoms with E-state index in [4.69, 9.17) is 4.74 Å². The first kappa shape index (κ1) is 19.3. The molecule has 3 aliphatic rings. The molecule has 7 nitrogen and oxygen atoms in total. The molecule has 1 saturated heterocycles. The van der Waals surface area contributed by atoms with Crippen LogP contribution in [0, 0.1) is 5.92 Å². The van der Waals surface area contributed by atoms with Gasteiger partial charge in [0, 0.05) is 44.4 Å². The first-order valence-corrected chi connectivity index (χ1v) is 10.9. The van der Waals surface area contributed by atoms with Crippen LogP contribution in [0.2, 0.25) is 0 Å². The Morgan fingerprint density at radius 3 is 2.53 bits per heavy atom. The molecular formula is C23H28N4O3. The van der Waals surface area contributed by atoms with Gasteiger partial charge in [-0.3, -0.25) is 14.3 Å². The van der Waals surface area contributed by atoms with Crippen molar-refractivity contribution in [2.24, 2.45) is 5.92 Å². The van der Waals surface area contributed by atoms with E-state index in [0.29, 0.717) is 12.6 Å². The van der Waals surface area contributed by atoms with E-state index in [-0.39, 0.29) is 23.8 Å². The number of carbonyl (C=O) groups excluding carboxylic acids is 2. The summed E-state index contributed by atoms with van der Waals surface area (Å²) in [4.78, 5) is 29.0. The minimum absolute atomic E-state index is 0.00218. The lowest BCUT2D eigenvalue weighted by atomic mass is 10.0. The molecule has 0 bridgehead atoms. The Balaban J connectivity index is 1.51. The van der Waals surface area contributed by atoms with Gasteiger partial charge in [-0.2, -0.15) is 5.10 Å². The molecule has 1 aromatic heterocycles. The topological polar surface area (TPSA) is 67.7 Å². The Morgan fingerprint density at radius 2 is 1.83 bits per heavy atom. The van der Waals surface area contributed by atoms with E-state index < -0.39 is 0 Å². The summed E-state index contributed by atoms with van der Waals surface area (Å²) in [7, 11) is 0. The second kappa shape index (κ2) is 7.54. The number of nitrogens with zero attached hydrogens (tertiary/aromatic N) is 4. The number of fused-ring (bicyclic) bond motifs is 1. The first-order chi connectivity index (χ1) is 14.5. The predicted octanol–water partition coefficient (Wildman–Crippen LogP) is 3.40. The van der Waals surface area contributed by atoms with Gasteiger partial charge in [-0.05, 0) is 50.3 Å². The number of aromatic nitrogens is 2. The summed E-state index contributed by atoms with van der Waals surface area (Å²) in [6.45, 7) is 5.67. The SMILES string of the molecule is CC(=O)N1c2ccc(-c3cnn(C4CCOCC4)c3)cc2N(C(=O)C2CC2)CC1C. The van der Waals surface area contributed by atoms with Gasteiger partial charge in [-0.25, -0.2) is 0 Å². The molecule has 158 valence electrons. The van der Waals surface area contributed by atoms with Crippen LogP contribution in [0.1, 0.15) is 45.6 Å². The first-order valence-electron chi connectivity index (χ1n) is 10.9. The fourth-order valence-corrected chi connectivity index (χ4v) is 4.68. The number of hydrogen-bond donors (Lipinski definition) is 0. The predicted molar refractivity (Wildman–Crippen MR) is 114 cm³/mol. The molecule has 1 atom stereocenters. The summed E-state index contributed by atoms with van der Waals surface area (Å²) in [5.41, 5.74) is 3.68.